The minimum absolute atomic E-state index is 0.170. The second-order valence-corrected chi connectivity index (χ2v) is 8.69. The fourth-order valence-corrected chi connectivity index (χ4v) is 4.31. The van der Waals surface area contributed by atoms with E-state index in [4.69, 9.17) is 4.42 Å². The number of aromatic amines is 1. The van der Waals surface area contributed by atoms with Crippen LogP contribution in [0.2, 0.25) is 0 Å². The summed E-state index contributed by atoms with van der Waals surface area (Å²) in [5, 5.41) is 10.4. The number of aryl methyl sites for hydroxylation is 1. The average Bonchev–Trinajstić information content (AvgIpc) is 3.13. The first-order valence-electron chi connectivity index (χ1n) is 7.95. The molecule has 0 bridgehead atoms. The first-order valence-corrected chi connectivity index (χ1v) is 9.90. The number of nitrogens with zero attached hydrogens (tertiary/aromatic N) is 1. The molecule has 0 unspecified atom stereocenters. The quantitative estimate of drug-likeness (QED) is 0.875. The fourth-order valence-electron chi connectivity index (χ4n) is 3.18. The zero-order valence-corrected chi connectivity index (χ0v) is 14.3. The minimum atomic E-state index is -2.90. The summed E-state index contributed by atoms with van der Waals surface area (Å²) in [5.74, 6) is 1.66. The van der Waals surface area contributed by atoms with E-state index in [9.17, 15) is 8.42 Å². The summed E-state index contributed by atoms with van der Waals surface area (Å²) in [6, 6.07) is 4.22. The number of nitrogens with one attached hydrogen (secondary N) is 2. The Kier molecular flexibility index (Phi) is 4.59. The van der Waals surface area contributed by atoms with Crippen molar-refractivity contribution in [3.63, 3.8) is 0 Å². The molecule has 2 heterocycles. The summed E-state index contributed by atoms with van der Waals surface area (Å²) in [6.45, 7) is 2.61. The Morgan fingerprint density at radius 2 is 2.04 bits per heavy atom. The van der Waals surface area contributed by atoms with Crippen LogP contribution in [0.5, 0.6) is 0 Å². The van der Waals surface area contributed by atoms with Gasteiger partial charge in [-0.15, -0.1) is 0 Å². The van der Waals surface area contributed by atoms with Crippen molar-refractivity contribution in [1.82, 2.24) is 15.5 Å². The molecule has 6 nitrogen and oxygen atoms in total. The fraction of sp³-hybridized carbons (Fsp3) is 0.562. The summed E-state index contributed by atoms with van der Waals surface area (Å²) < 4.78 is 28.8. The third-order valence-corrected chi connectivity index (χ3v) is 6.25. The van der Waals surface area contributed by atoms with Crippen LogP contribution in [-0.2, 0) is 16.4 Å². The molecule has 1 fully saturated rings. The lowest BCUT2D eigenvalue weighted by Gasteiger charge is -2.28. The number of rotatable bonds is 5. The molecule has 2 N–H and O–H groups in total. The van der Waals surface area contributed by atoms with E-state index in [2.05, 4.69) is 15.5 Å². The van der Waals surface area contributed by atoms with Gasteiger partial charge in [-0.25, -0.2) is 8.42 Å². The molecule has 23 heavy (non-hydrogen) atoms. The van der Waals surface area contributed by atoms with Crippen LogP contribution in [-0.4, -0.2) is 36.2 Å². The normalized spacial score (nSPS) is 22.3. The molecule has 0 aromatic carbocycles. The van der Waals surface area contributed by atoms with Crippen LogP contribution < -0.4 is 5.32 Å². The second kappa shape index (κ2) is 6.49. The van der Waals surface area contributed by atoms with Gasteiger partial charge in [-0.1, -0.05) is 0 Å². The molecule has 0 saturated heterocycles. The molecule has 2 aromatic rings. The molecule has 0 amide bonds. The highest BCUT2D eigenvalue weighted by atomic mass is 32.2. The Morgan fingerprint density at radius 3 is 2.65 bits per heavy atom. The molecular weight excluding hydrogens is 314 g/mol. The first-order chi connectivity index (χ1) is 10.9. The van der Waals surface area contributed by atoms with Crippen molar-refractivity contribution in [3.8, 4) is 11.5 Å². The number of furan rings is 1. The van der Waals surface area contributed by atoms with Gasteiger partial charge in [0.1, 0.15) is 21.3 Å². The standard InChI is InChI=1S/C16H23N3O3S/c1-11-3-8-15(22-11)16-12(10-18-19-16)9-17-13-4-6-14(7-5-13)23(2,20)21/h3,8,10,13-14,17H,4-7,9H2,1-2H3,(H,18,19). The van der Waals surface area contributed by atoms with E-state index in [1.54, 1.807) is 0 Å². The Labute approximate surface area is 136 Å². The number of aromatic nitrogens is 2. The third kappa shape index (κ3) is 3.84. The van der Waals surface area contributed by atoms with Crippen LogP contribution >= 0.6 is 0 Å². The lowest BCUT2D eigenvalue weighted by atomic mass is 9.95. The Balaban J connectivity index is 1.57. The lowest BCUT2D eigenvalue weighted by Crippen LogP contribution is -2.36. The number of hydrogen-bond acceptors (Lipinski definition) is 5. The second-order valence-electron chi connectivity index (χ2n) is 6.36. The smallest absolute Gasteiger partial charge is 0.152 e. The van der Waals surface area contributed by atoms with Crippen molar-refractivity contribution in [1.29, 1.82) is 0 Å². The molecule has 0 atom stereocenters. The van der Waals surface area contributed by atoms with E-state index in [-0.39, 0.29) is 5.25 Å². The molecule has 3 rings (SSSR count). The summed E-state index contributed by atoms with van der Waals surface area (Å²) in [5.41, 5.74) is 1.96. The summed E-state index contributed by atoms with van der Waals surface area (Å²) in [6.07, 6.45) is 6.42. The van der Waals surface area contributed by atoms with Gasteiger partial charge < -0.3 is 9.73 Å². The number of sulfone groups is 1. The van der Waals surface area contributed by atoms with Gasteiger partial charge in [0.25, 0.3) is 0 Å². The van der Waals surface area contributed by atoms with Gasteiger partial charge in [-0.3, -0.25) is 5.10 Å². The number of H-pyrrole nitrogens is 1. The monoisotopic (exact) mass is 337 g/mol. The van der Waals surface area contributed by atoms with E-state index >= 15 is 0 Å². The van der Waals surface area contributed by atoms with Gasteiger partial charge in [-0.05, 0) is 44.7 Å². The number of hydrogen-bond donors (Lipinski definition) is 2. The molecule has 1 aliphatic rings. The van der Waals surface area contributed by atoms with E-state index in [0.29, 0.717) is 12.6 Å². The predicted octanol–water partition coefficient (Wildman–Crippen LogP) is 2.42. The highest BCUT2D eigenvalue weighted by Crippen LogP contribution is 2.26. The Hall–Kier alpha value is -1.60. The summed E-state index contributed by atoms with van der Waals surface area (Å²) in [7, 11) is -2.90. The van der Waals surface area contributed by atoms with Crippen molar-refractivity contribution in [2.45, 2.75) is 50.4 Å². The van der Waals surface area contributed by atoms with Crippen LogP contribution in [0.1, 0.15) is 37.0 Å². The molecule has 0 radical (unpaired) electrons. The molecule has 2 aromatic heterocycles. The van der Waals surface area contributed by atoms with E-state index in [0.717, 1.165) is 48.5 Å². The SMILES string of the molecule is Cc1ccc(-c2[nH]ncc2CNC2CCC(S(C)(=O)=O)CC2)o1. The molecular formula is C16H23N3O3S. The van der Waals surface area contributed by atoms with Crippen molar-refractivity contribution in [2.75, 3.05) is 6.26 Å². The molecule has 1 saturated carbocycles. The summed E-state index contributed by atoms with van der Waals surface area (Å²) >= 11 is 0. The van der Waals surface area contributed by atoms with Gasteiger partial charge in [0.15, 0.2) is 5.76 Å². The van der Waals surface area contributed by atoms with Crippen molar-refractivity contribution < 1.29 is 12.8 Å². The van der Waals surface area contributed by atoms with Gasteiger partial charge in [0, 0.05) is 24.4 Å². The molecule has 0 aliphatic heterocycles. The topological polar surface area (TPSA) is 88.0 Å². The first kappa shape index (κ1) is 16.3. The molecule has 0 spiro atoms. The van der Waals surface area contributed by atoms with E-state index in [1.165, 1.54) is 6.26 Å². The van der Waals surface area contributed by atoms with Gasteiger partial charge in [-0.2, -0.15) is 5.10 Å². The minimum Gasteiger partial charge on any atom is -0.460 e. The predicted molar refractivity (Wildman–Crippen MR) is 88.8 cm³/mol. The van der Waals surface area contributed by atoms with Gasteiger partial charge in [0.05, 0.1) is 11.4 Å². The maximum atomic E-state index is 11.6. The van der Waals surface area contributed by atoms with Gasteiger partial charge >= 0.3 is 0 Å². The Morgan fingerprint density at radius 1 is 1.30 bits per heavy atom. The van der Waals surface area contributed by atoms with Crippen LogP contribution in [0.25, 0.3) is 11.5 Å². The molecule has 1 aliphatic carbocycles. The van der Waals surface area contributed by atoms with Crippen molar-refractivity contribution >= 4 is 9.84 Å². The lowest BCUT2D eigenvalue weighted by molar-refractivity contribution is 0.371. The highest BCUT2D eigenvalue weighted by molar-refractivity contribution is 7.91. The largest absolute Gasteiger partial charge is 0.460 e. The maximum absolute atomic E-state index is 11.6. The zero-order valence-electron chi connectivity index (χ0n) is 13.5. The van der Waals surface area contributed by atoms with Crippen molar-refractivity contribution in [3.05, 3.63) is 29.7 Å². The molecule has 7 heteroatoms. The highest BCUT2D eigenvalue weighted by Gasteiger charge is 2.27. The van der Waals surface area contributed by atoms with Crippen molar-refractivity contribution in [2.24, 2.45) is 0 Å². The summed E-state index contributed by atoms with van der Waals surface area (Å²) in [4.78, 5) is 0. The van der Waals surface area contributed by atoms with Crippen LogP contribution in [0.3, 0.4) is 0 Å². The molecule has 126 valence electrons. The average molecular weight is 337 g/mol. The van der Waals surface area contributed by atoms with E-state index in [1.807, 2.05) is 25.3 Å². The van der Waals surface area contributed by atoms with Crippen LogP contribution in [0, 0.1) is 6.92 Å². The maximum Gasteiger partial charge on any atom is 0.152 e. The van der Waals surface area contributed by atoms with Crippen LogP contribution in [0.4, 0.5) is 0 Å². The zero-order chi connectivity index (χ0) is 16.4. The van der Waals surface area contributed by atoms with Crippen LogP contribution in [0.15, 0.2) is 22.7 Å². The van der Waals surface area contributed by atoms with Gasteiger partial charge in [0.2, 0.25) is 0 Å². The van der Waals surface area contributed by atoms with E-state index < -0.39 is 9.84 Å². The third-order valence-electron chi connectivity index (χ3n) is 4.57. The Bertz CT molecular complexity index is 755.